The summed E-state index contributed by atoms with van der Waals surface area (Å²) in [5.41, 5.74) is 1.07. The Morgan fingerprint density at radius 3 is 2.22 bits per heavy atom. The molecule has 0 saturated carbocycles. The number of benzene rings is 1. The molecule has 0 aliphatic rings. The van der Waals surface area contributed by atoms with E-state index in [0.29, 0.717) is 12.8 Å². The van der Waals surface area contributed by atoms with Crippen LogP contribution in [-0.4, -0.2) is 18.2 Å². The van der Waals surface area contributed by atoms with Crippen molar-refractivity contribution in [1.82, 2.24) is 5.32 Å². The Balaban J connectivity index is 2.11. The number of hydrogen-bond acceptors (Lipinski definition) is 2. The molecule has 3 nitrogen and oxygen atoms in total. The second kappa shape index (κ2) is 12.9. The van der Waals surface area contributed by atoms with Crippen LogP contribution in [0.5, 0.6) is 0 Å². The molecule has 1 aromatic carbocycles. The van der Waals surface area contributed by atoms with Crippen molar-refractivity contribution in [2.45, 2.75) is 77.2 Å². The van der Waals surface area contributed by atoms with E-state index < -0.39 is 6.04 Å². The summed E-state index contributed by atoms with van der Waals surface area (Å²) >= 11 is 0. The van der Waals surface area contributed by atoms with Crippen molar-refractivity contribution in [2.75, 3.05) is 0 Å². The van der Waals surface area contributed by atoms with Crippen LogP contribution in [0.2, 0.25) is 0 Å². The van der Waals surface area contributed by atoms with Gasteiger partial charge in [-0.05, 0) is 18.4 Å². The van der Waals surface area contributed by atoms with Crippen LogP contribution in [0.3, 0.4) is 0 Å². The number of aldehydes is 1. The summed E-state index contributed by atoms with van der Waals surface area (Å²) in [6.07, 6.45) is 11.7. The molecule has 0 aliphatic heterocycles. The van der Waals surface area contributed by atoms with Gasteiger partial charge in [-0.15, -0.1) is 0 Å². The molecular weight excluding hydrogens is 286 g/mol. The minimum absolute atomic E-state index is 0.0102. The summed E-state index contributed by atoms with van der Waals surface area (Å²) in [6, 6.07) is 9.36. The second-order valence-electron chi connectivity index (χ2n) is 6.22. The van der Waals surface area contributed by atoms with Crippen LogP contribution in [0.15, 0.2) is 30.3 Å². The standard InChI is InChI=1S/C20H31NO2/c1-2-3-4-5-6-7-8-12-15-20(23)21-19(17-22)16-18-13-10-9-11-14-18/h9-11,13-14,17,19H,2-8,12,15-16H2,1H3,(H,21,23)/t19-/m0/s1. The molecule has 0 unspecified atom stereocenters. The summed E-state index contributed by atoms with van der Waals surface area (Å²) in [6.45, 7) is 2.23. The van der Waals surface area contributed by atoms with Gasteiger partial charge in [0.1, 0.15) is 6.29 Å². The molecular formula is C20H31NO2. The molecule has 0 heterocycles. The van der Waals surface area contributed by atoms with Crippen LogP contribution < -0.4 is 5.32 Å². The molecule has 1 N–H and O–H groups in total. The summed E-state index contributed by atoms with van der Waals surface area (Å²) in [4.78, 5) is 23.0. The fourth-order valence-corrected chi connectivity index (χ4v) is 2.70. The van der Waals surface area contributed by atoms with Crippen LogP contribution in [0.4, 0.5) is 0 Å². The largest absolute Gasteiger partial charge is 0.346 e. The van der Waals surface area contributed by atoms with E-state index >= 15 is 0 Å². The Morgan fingerprint density at radius 1 is 1.00 bits per heavy atom. The summed E-state index contributed by atoms with van der Waals surface area (Å²) in [5.74, 6) is -0.0102. The normalized spacial score (nSPS) is 11.9. The monoisotopic (exact) mass is 317 g/mol. The van der Waals surface area contributed by atoms with Gasteiger partial charge in [0.15, 0.2) is 0 Å². The summed E-state index contributed by atoms with van der Waals surface area (Å²) in [7, 11) is 0. The van der Waals surface area contributed by atoms with E-state index in [9.17, 15) is 9.59 Å². The lowest BCUT2D eigenvalue weighted by molar-refractivity contribution is -0.124. The fraction of sp³-hybridized carbons (Fsp3) is 0.600. The number of nitrogens with one attached hydrogen (secondary N) is 1. The van der Waals surface area contributed by atoms with Gasteiger partial charge >= 0.3 is 0 Å². The lowest BCUT2D eigenvalue weighted by Crippen LogP contribution is -2.37. The average Bonchev–Trinajstić information content (AvgIpc) is 2.57. The molecule has 1 aromatic rings. The molecule has 0 aromatic heterocycles. The second-order valence-corrected chi connectivity index (χ2v) is 6.22. The summed E-state index contributed by atoms with van der Waals surface area (Å²) in [5, 5.41) is 2.83. The van der Waals surface area contributed by atoms with Crippen LogP contribution in [-0.2, 0) is 16.0 Å². The van der Waals surface area contributed by atoms with Gasteiger partial charge in [-0.1, -0.05) is 82.2 Å². The zero-order valence-corrected chi connectivity index (χ0v) is 14.4. The highest BCUT2D eigenvalue weighted by molar-refractivity contribution is 5.79. The van der Waals surface area contributed by atoms with Gasteiger partial charge in [0.25, 0.3) is 0 Å². The van der Waals surface area contributed by atoms with Crippen molar-refractivity contribution < 1.29 is 9.59 Å². The predicted molar refractivity (Wildman–Crippen MR) is 95.4 cm³/mol. The van der Waals surface area contributed by atoms with E-state index in [0.717, 1.165) is 24.7 Å². The van der Waals surface area contributed by atoms with Gasteiger partial charge in [0.2, 0.25) is 5.91 Å². The first-order valence-corrected chi connectivity index (χ1v) is 9.04. The van der Waals surface area contributed by atoms with Crippen LogP contribution in [0.25, 0.3) is 0 Å². The van der Waals surface area contributed by atoms with E-state index in [1.54, 1.807) is 0 Å². The minimum Gasteiger partial charge on any atom is -0.346 e. The number of carbonyl (C=O) groups is 2. The van der Waals surface area contributed by atoms with Crippen molar-refractivity contribution in [3.05, 3.63) is 35.9 Å². The number of rotatable bonds is 13. The number of carbonyl (C=O) groups excluding carboxylic acids is 2. The van der Waals surface area contributed by atoms with E-state index in [-0.39, 0.29) is 5.91 Å². The first-order valence-electron chi connectivity index (χ1n) is 9.04. The molecule has 0 bridgehead atoms. The van der Waals surface area contributed by atoms with E-state index in [2.05, 4.69) is 12.2 Å². The molecule has 1 atom stereocenters. The van der Waals surface area contributed by atoms with Gasteiger partial charge in [0.05, 0.1) is 6.04 Å². The third-order valence-corrected chi connectivity index (χ3v) is 4.07. The fourth-order valence-electron chi connectivity index (χ4n) is 2.70. The van der Waals surface area contributed by atoms with Gasteiger partial charge in [-0.25, -0.2) is 0 Å². The van der Waals surface area contributed by atoms with Gasteiger partial charge in [-0.2, -0.15) is 0 Å². The maximum absolute atomic E-state index is 11.9. The number of unbranched alkanes of at least 4 members (excludes halogenated alkanes) is 7. The van der Waals surface area contributed by atoms with Gasteiger partial charge in [-0.3, -0.25) is 4.79 Å². The Hall–Kier alpha value is -1.64. The van der Waals surface area contributed by atoms with E-state index in [1.807, 2.05) is 30.3 Å². The topological polar surface area (TPSA) is 46.2 Å². The Labute approximate surface area is 140 Å². The lowest BCUT2D eigenvalue weighted by atomic mass is 10.1. The lowest BCUT2D eigenvalue weighted by Gasteiger charge is -2.12. The zero-order chi connectivity index (χ0) is 16.8. The third kappa shape index (κ3) is 9.88. The molecule has 1 amide bonds. The molecule has 23 heavy (non-hydrogen) atoms. The summed E-state index contributed by atoms with van der Waals surface area (Å²) < 4.78 is 0. The molecule has 0 aliphatic carbocycles. The van der Waals surface area contributed by atoms with Crippen LogP contribution >= 0.6 is 0 Å². The number of hydrogen-bond donors (Lipinski definition) is 1. The average molecular weight is 317 g/mol. The Bertz CT molecular complexity index is 431. The molecule has 0 fully saturated rings. The Morgan fingerprint density at radius 2 is 1.61 bits per heavy atom. The number of amides is 1. The minimum atomic E-state index is -0.418. The maximum atomic E-state index is 11.9. The molecule has 0 spiro atoms. The molecule has 0 radical (unpaired) electrons. The van der Waals surface area contributed by atoms with E-state index in [4.69, 9.17) is 0 Å². The zero-order valence-electron chi connectivity index (χ0n) is 14.4. The maximum Gasteiger partial charge on any atom is 0.220 e. The van der Waals surface area contributed by atoms with Crippen LogP contribution in [0, 0.1) is 0 Å². The highest BCUT2D eigenvalue weighted by atomic mass is 16.2. The first-order chi connectivity index (χ1) is 11.3. The van der Waals surface area contributed by atoms with Crippen molar-refractivity contribution in [2.24, 2.45) is 0 Å². The third-order valence-electron chi connectivity index (χ3n) is 4.07. The van der Waals surface area contributed by atoms with Crippen molar-refractivity contribution in [1.29, 1.82) is 0 Å². The van der Waals surface area contributed by atoms with Crippen LogP contribution in [0.1, 0.15) is 70.3 Å². The molecule has 1 rings (SSSR count). The highest BCUT2D eigenvalue weighted by Gasteiger charge is 2.11. The smallest absolute Gasteiger partial charge is 0.220 e. The van der Waals surface area contributed by atoms with E-state index in [1.165, 1.54) is 38.5 Å². The molecule has 128 valence electrons. The quantitative estimate of drug-likeness (QED) is 0.432. The molecule has 3 heteroatoms. The SMILES string of the molecule is CCCCCCCCCCC(=O)N[C@H](C=O)Cc1ccccc1. The van der Waals surface area contributed by atoms with Crippen molar-refractivity contribution >= 4 is 12.2 Å². The Kier molecular flexibility index (Phi) is 10.9. The predicted octanol–water partition coefficient (Wildman–Crippen LogP) is 4.44. The van der Waals surface area contributed by atoms with Gasteiger partial charge < -0.3 is 10.1 Å². The van der Waals surface area contributed by atoms with Crippen molar-refractivity contribution in [3.8, 4) is 0 Å². The van der Waals surface area contributed by atoms with Gasteiger partial charge in [0, 0.05) is 6.42 Å². The highest BCUT2D eigenvalue weighted by Crippen LogP contribution is 2.09. The molecule has 0 saturated heterocycles. The first kappa shape index (κ1) is 19.4. The van der Waals surface area contributed by atoms with Crippen molar-refractivity contribution in [3.63, 3.8) is 0 Å².